The van der Waals surface area contributed by atoms with E-state index in [0.717, 1.165) is 10.4 Å². The quantitative estimate of drug-likeness (QED) is 0.593. The van der Waals surface area contributed by atoms with Gasteiger partial charge < -0.3 is 9.26 Å². The van der Waals surface area contributed by atoms with Crippen molar-refractivity contribution in [1.82, 2.24) is 10.1 Å². The smallest absolute Gasteiger partial charge is 0.387 e. The van der Waals surface area contributed by atoms with Crippen molar-refractivity contribution in [3.05, 3.63) is 46.2 Å². The van der Waals surface area contributed by atoms with Crippen molar-refractivity contribution < 1.29 is 22.8 Å². The number of anilines is 1. The first-order valence-corrected chi connectivity index (χ1v) is 9.38. The van der Waals surface area contributed by atoms with E-state index >= 15 is 0 Å². The fourth-order valence-electron chi connectivity index (χ4n) is 2.73. The number of ether oxygens (including phenoxy) is 1. The second-order valence-electron chi connectivity index (χ2n) is 6.44. The molecular weight excluding hydrogens is 388 g/mol. The summed E-state index contributed by atoms with van der Waals surface area (Å²) < 4.78 is 34.2. The van der Waals surface area contributed by atoms with Crippen LogP contribution in [0.4, 0.5) is 13.9 Å². The van der Waals surface area contributed by atoms with Crippen molar-refractivity contribution in [2.45, 2.75) is 40.2 Å². The van der Waals surface area contributed by atoms with Crippen molar-refractivity contribution in [2.75, 3.05) is 5.32 Å². The normalized spacial score (nSPS) is 11.3. The standard InChI is InChI=1S/C19H19F2N3O3S/c1-9(2)16-14(10(3)24-27-16)17(25)23-19-22-15(11(4)28-19)12-5-7-13(8-6-12)26-18(20)21/h5-9,18H,1-4H3,(H,22,23,25). The number of halogens is 2. The molecule has 1 amide bonds. The second-order valence-corrected chi connectivity index (χ2v) is 7.65. The Morgan fingerprint density at radius 2 is 1.89 bits per heavy atom. The summed E-state index contributed by atoms with van der Waals surface area (Å²) in [7, 11) is 0. The summed E-state index contributed by atoms with van der Waals surface area (Å²) in [6, 6.07) is 6.20. The predicted molar refractivity (Wildman–Crippen MR) is 102 cm³/mol. The highest BCUT2D eigenvalue weighted by molar-refractivity contribution is 7.16. The monoisotopic (exact) mass is 407 g/mol. The maximum Gasteiger partial charge on any atom is 0.387 e. The van der Waals surface area contributed by atoms with Gasteiger partial charge in [-0.1, -0.05) is 19.0 Å². The molecule has 3 rings (SSSR count). The van der Waals surface area contributed by atoms with Crippen LogP contribution in [0.5, 0.6) is 5.75 Å². The van der Waals surface area contributed by atoms with Gasteiger partial charge in [-0.2, -0.15) is 8.78 Å². The lowest BCUT2D eigenvalue weighted by atomic mass is 10.0. The molecular formula is C19H19F2N3O3S. The van der Waals surface area contributed by atoms with E-state index in [0.29, 0.717) is 27.8 Å². The molecule has 0 aliphatic rings. The fourth-order valence-corrected chi connectivity index (χ4v) is 3.56. The summed E-state index contributed by atoms with van der Waals surface area (Å²) in [6.45, 7) is 4.56. The van der Waals surface area contributed by atoms with Crippen LogP contribution in [-0.4, -0.2) is 22.7 Å². The molecule has 1 aromatic carbocycles. The summed E-state index contributed by atoms with van der Waals surface area (Å²) in [6.07, 6.45) is 0. The van der Waals surface area contributed by atoms with Crippen LogP contribution in [0.1, 0.15) is 46.5 Å². The summed E-state index contributed by atoms with van der Waals surface area (Å²) in [5.41, 5.74) is 2.33. The number of amides is 1. The first-order valence-electron chi connectivity index (χ1n) is 8.56. The summed E-state index contributed by atoms with van der Waals surface area (Å²) >= 11 is 1.32. The van der Waals surface area contributed by atoms with Crippen molar-refractivity contribution in [2.24, 2.45) is 0 Å². The van der Waals surface area contributed by atoms with Crippen LogP contribution in [0.3, 0.4) is 0 Å². The highest BCUT2D eigenvalue weighted by Gasteiger charge is 2.23. The highest BCUT2D eigenvalue weighted by atomic mass is 32.1. The molecule has 0 unspecified atom stereocenters. The van der Waals surface area contributed by atoms with Crippen LogP contribution in [0.25, 0.3) is 11.3 Å². The van der Waals surface area contributed by atoms with Crippen LogP contribution < -0.4 is 10.1 Å². The molecule has 6 nitrogen and oxygen atoms in total. The molecule has 0 fully saturated rings. The average molecular weight is 407 g/mol. The number of hydrogen-bond acceptors (Lipinski definition) is 6. The van der Waals surface area contributed by atoms with Crippen LogP contribution in [0.15, 0.2) is 28.8 Å². The number of carbonyl (C=O) groups excluding carboxylic acids is 1. The van der Waals surface area contributed by atoms with E-state index in [-0.39, 0.29) is 17.6 Å². The third-order valence-corrected chi connectivity index (χ3v) is 4.90. The van der Waals surface area contributed by atoms with Crippen LogP contribution in [-0.2, 0) is 0 Å². The van der Waals surface area contributed by atoms with Gasteiger partial charge in [0.25, 0.3) is 5.91 Å². The summed E-state index contributed by atoms with van der Waals surface area (Å²) in [4.78, 5) is 18.0. The Morgan fingerprint density at radius 3 is 2.50 bits per heavy atom. The lowest BCUT2D eigenvalue weighted by Gasteiger charge is -2.05. The Kier molecular flexibility index (Phi) is 5.73. The lowest BCUT2D eigenvalue weighted by Crippen LogP contribution is -2.14. The molecule has 0 aliphatic heterocycles. The number of aromatic nitrogens is 2. The Labute approximate surface area is 164 Å². The zero-order chi connectivity index (χ0) is 20.4. The van der Waals surface area contributed by atoms with Gasteiger partial charge in [0.2, 0.25) is 0 Å². The molecule has 1 N–H and O–H groups in total. The molecule has 0 spiro atoms. The highest BCUT2D eigenvalue weighted by Crippen LogP contribution is 2.32. The number of benzene rings is 1. The Balaban J connectivity index is 1.81. The fraction of sp³-hybridized carbons (Fsp3) is 0.316. The molecule has 0 bridgehead atoms. The van der Waals surface area contributed by atoms with E-state index in [1.807, 2.05) is 20.8 Å². The zero-order valence-corrected chi connectivity index (χ0v) is 16.6. The Bertz CT molecular complexity index is 981. The number of carbonyl (C=O) groups is 1. The summed E-state index contributed by atoms with van der Waals surface area (Å²) in [5, 5.41) is 7.11. The second kappa shape index (κ2) is 8.05. The molecule has 0 saturated heterocycles. The maximum absolute atomic E-state index is 12.7. The van der Waals surface area contributed by atoms with Crippen molar-refractivity contribution in [3.8, 4) is 17.0 Å². The molecule has 9 heteroatoms. The zero-order valence-electron chi connectivity index (χ0n) is 15.7. The number of aryl methyl sites for hydroxylation is 2. The van der Waals surface area contributed by atoms with Crippen LogP contribution in [0, 0.1) is 13.8 Å². The van der Waals surface area contributed by atoms with Gasteiger partial charge in [0.05, 0.1) is 11.4 Å². The first kappa shape index (κ1) is 19.9. The largest absolute Gasteiger partial charge is 0.435 e. The first-order chi connectivity index (χ1) is 13.3. The Morgan fingerprint density at radius 1 is 1.21 bits per heavy atom. The minimum atomic E-state index is -2.87. The number of rotatable bonds is 6. The van der Waals surface area contributed by atoms with E-state index in [1.165, 1.54) is 23.5 Å². The maximum atomic E-state index is 12.7. The number of alkyl halides is 2. The van der Waals surface area contributed by atoms with Gasteiger partial charge in [0.15, 0.2) is 10.9 Å². The molecule has 2 aromatic heterocycles. The number of nitrogens with one attached hydrogen (secondary N) is 1. The van der Waals surface area contributed by atoms with E-state index in [1.54, 1.807) is 19.1 Å². The Hall–Kier alpha value is -2.81. The topological polar surface area (TPSA) is 77.3 Å². The minimum Gasteiger partial charge on any atom is -0.435 e. The molecule has 2 heterocycles. The molecule has 0 atom stereocenters. The van der Waals surface area contributed by atoms with Crippen molar-refractivity contribution >= 4 is 22.4 Å². The lowest BCUT2D eigenvalue weighted by molar-refractivity contribution is -0.0498. The molecule has 148 valence electrons. The number of nitrogens with zero attached hydrogens (tertiary/aromatic N) is 2. The van der Waals surface area contributed by atoms with E-state index in [4.69, 9.17) is 4.52 Å². The van der Waals surface area contributed by atoms with Crippen molar-refractivity contribution in [1.29, 1.82) is 0 Å². The minimum absolute atomic E-state index is 0.0181. The van der Waals surface area contributed by atoms with Gasteiger partial charge in [-0.15, -0.1) is 11.3 Å². The van der Waals surface area contributed by atoms with Crippen molar-refractivity contribution in [3.63, 3.8) is 0 Å². The van der Waals surface area contributed by atoms with E-state index in [9.17, 15) is 13.6 Å². The van der Waals surface area contributed by atoms with Crippen LogP contribution >= 0.6 is 11.3 Å². The number of thiazole rings is 1. The predicted octanol–water partition coefficient (Wildman–Crippen LogP) is 5.39. The van der Waals surface area contributed by atoms with Crippen LogP contribution in [0.2, 0.25) is 0 Å². The van der Waals surface area contributed by atoms with Gasteiger partial charge in [0, 0.05) is 16.4 Å². The van der Waals surface area contributed by atoms with Gasteiger partial charge in [-0.3, -0.25) is 10.1 Å². The van der Waals surface area contributed by atoms with E-state index in [2.05, 4.69) is 20.2 Å². The average Bonchev–Trinajstić information content (AvgIpc) is 3.18. The number of hydrogen-bond donors (Lipinski definition) is 1. The summed E-state index contributed by atoms with van der Waals surface area (Å²) in [5.74, 6) is 0.287. The molecule has 28 heavy (non-hydrogen) atoms. The molecule has 0 saturated carbocycles. The SMILES string of the molecule is Cc1noc(C(C)C)c1C(=O)Nc1nc(-c2ccc(OC(F)F)cc2)c(C)s1. The third kappa shape index (κ3) is 4.19. The van der Waals surface area contributed by atoms with Gasteiger partial charge >= 0.3 is 6.61 Å². The van der Waals surface area contributed by atoms with Gasteiger partial charge in [0.1, 0.15) is 11.3 Å². The molecule has 0 aliphatic carbocycles. The molecule has 0 radical (unpaired) electrons. The molecule has 3 aromatic rings. The third-order valence-electron chi connectivity index (χ3n) is 4.01. The van der Waals surface area contributed by atoms with E-state index < -0.39 is 6.61 Å². The van der Waals surface area contributed by atoms with Gasteiger partial charge in [-0.05, 0) is 38.1 Å². The van der Waals surface area contributed by atoms with Gasteiger partial charge in [-0.25, -0.2) is 4.98 Å².